The molecule has 1 aliphatic heterocycles. The van der Waals surface area contributed by atoms with Gasteiger partial charge in [-0.25, -0.2) is 0 Å². The molecule has 0 bridgehead atoms. The fraction of sp³-hybridized carbons (Fsp3) is 0.231. The van der Waals surface area contributed by atoms with Crippen LogP contribution in [0.3, 0.4) is 0 Å². The average molecular weight is 199 g/mol. The van der Waals surface area contributed by atoms with Crippen molar-refractivity contribution in [2.45, 2.75) is 12.6 Å². The molecule has 1 aromatic carbocycles. The maximum Gasteiger partial charge on any atom is 0.152 e. The van der Waals surface area contributed by atoms with Crippen LogP contribution in [0.4, 0.5) is 0 Å². The molecule has 0 aliphatic carbocycles. The molecule has 2 heteroatoms. The van der Waals surface area contributed by atoms with Gasteiger partial charge in [0.2, 0.25) is 0 Å². The monoisotopic (exact) mass is 199 g/mol. The molecule has 76 valence electrons. The smallest absolute Gasteiger partial charge is 0.152 e. The molecule has 0 spiro atoms. The predicted molar refractivity (Wildman–Crippen MR) is 59.5 cm³/mol. The Bertz CT molecular complexity index is 445. The van der Waals surface area contributed by atoms with Gasteiger partial charge in [0.15, 0.2) is 6.04 Å². The van der Waals surface area contributed by atoms with Gasteiger partial charge in [0.1, 0.15) is 0 Å². The molecule has 0 radical (unpaired) electrons. The Morgan fingerprint density at radius 1 is 1.07 bits per heavy atom. The average Bonchev–Trinajstić information content (AvgIpc) is 2.78. The van der Waals surface area contributed by atoms with Crippen LogP contribution in [0.15, 0.2) is 48.7 Å². The normalized spacial score (nSPS) is 19.9. The quantitative estimate of drug-likeness (QED) is 0.711. The molecule has 2 N–H and O–H groups in total. The minimum Gasteiger partial charge on any atom is -0.341 e. The highest BCUT2D eigenvalue weighted by Gasteiger charge is 2.23. The third kappa shape index (κ3) is 1.47. The summed E-state index contributed by atoms with van der Waals surface area (Å²) in [6.07, 6.45) is 2.18. The van der Waals surface area contributed by atoms with E-state index in [2.05, 4.69) is 58.5 Å². The van der Waals surface area contributed by atoms with E-state index < -0.39 is 0 Å². The lowest BCUT2D eigenvalue weighted by atomic mass is 10.0. The number of rotatable bonds is 1. The first-order chi connectivity index (χ1) is 7.45. The van der Waals surface area contributed by atoms with E-state index in [1.807, 2.05) is 0 Å². The van der Waals surface area contributed by atoms with E-state index in [9.17, 15) is 0 Å². The second-order valence-electron chi connectivity index (χ2n) is 4.04. The number of fused-ring (bicyclic) bond motifs is 1. The van der Waals surface area contributed by atoms with Gasteiger partial charge in [-0.1, -0.05) is 30.3 Å². The summed E-state index contributed by atoms with van der Waals surface area (Å²) < 4.78 is 2.36. The van der Waals surface area contributed by atoms with E-state index in [1.54, 1.807) is 0 Å². The van der Waals surface area contributed by atoms with Gasteiger partial charge in [0, 0.05) is 11.8 Å². The molecular weight excluding hydrogens is 184 g/mol. The second kappa shape index (κ2) is 3.55. The SMILES string of the molecule is c1ccc([C@H]2[NH2+]CCn3cccc32)cc1. The maximum absolute atomic E-state index is 2.42. The molecule has 2 aromatic rings. The molecular formula is C13H15N2+. The van der Waals surface area contributed by atoms with Crippen molar-refractivity contribution in [3.63, 3.8) is 0 Å². The van der Waals surface area contributed by atoms with E-state index in [0.29, 0.717) is 6.04 Å². The van der Waals surface area contributed by atoms with Crippen LogP contribution >= 0.6 is 0 Å². The van der Waals surface area contributed by atoms with Gasteiger partial charge in [0.05, 0.1) is 18.8 Å². The molecule has 1 aliphatic rings. The van der Waals surface area contributed by atoms with Gasteiger partial charge < -0.3 is 9.88 Å². The lowest BCUT2D eigenvalue weighted by Gasteiger charge is -2.23. The molecule has 0 unspecified atom stereocenters. The highest BCUT2D eigenvalue weighted by atomic mass is 15.1. The van der Waals surface area contributed by atoms with Crippen molar-refractivity contribution < 1.29 is 5.32 Å². The molecule has 3 rings (SSSR count). The van der Waals surface area contributed by atoms with Gasteiger partial charge in [-0.05, 0) is 12.1 Å². The Hall–Kier alpha value is -1.54. The molecule has 0 fully saturated rings. The zero-order chi connectivity index (χ0) is 10.1. The van der Waals surface area contributed by atoms with Crippen molar-refractivity contribution >= 4 is 0 Å². The largest absolute Gasteiger partial charge is 0.341 e. The summed E-state index contributed by atoms with van der Waals surface area (Å²) in [4.78, 5) is 0. The van der Waals surface area contributed by atoms with E-state index >= 15 is 0 Å². The van der Waals surface area contributed by atoms with Crippen molar-refractivity contribution in [2.24, 2.45) is 0 Å². The summed E-state index contributed by atoms with van der Waals surface area (Å²) in [5.74, 6) is 0. The first-order valence-electron chi connectivity index (χ1n) is 5.48. The van der Waals surface area contributed by atoms with Gasteiger partial charge in [-0.3, -0.25) is 0 Å². The molecule has 2 heterocycles. The summed E-state index contributed by atoms with van der Waals surface area (Å²) in [5, 5.41) is 2.42. The van der Waals surface area contributed by atoms with E-state index in [4.69, 9.17) is 0 Å². The molecule has 0 amide bonds. The summed E-state index contributed by atoms with van der Waals surface area (Å²) in [6, 6.07) is 15.6. The minimum absolute atomic E-state index is 0.481. The lowest BCUT2D eigenvalue weighted by molar-refractivity contribution is -0.693. The zero-order valence-electron chi connectivity index (χ0n) is 8.63. The van der Waals surface area contributed by atoms with Gasteiger partial charge in [-0.2, -0.15) is 0 Å². The third-order valence-corrected chi connectivity index (χ3v) is 3.11. The van der Waals surface area contributed by atoms with Crippen molar-refractivity contribution in [1.82, 2.24) is 4.57 Å². The molecule has 2 nitrogen and oxygen atoms in total. The van der Waals surface area contributed by atoms with E-state index in [1.165, 1.54) is 17.8 Å². The molecule has 1 aromatic heterocycles. The third-order valence-electron chi connectivity index (χ3n) is 3.11. The van der Waals surface area contributed by atoms with Crippen molar-refractivity contribution in [3.8, 4) is 0 Å². The lowest BCUT2D eigenvalue weighted by Crippen LogP contribution is -2.88. The highest BCUT2D eigenvalue weighted by Crippen LogP contribution is 2.20. The van der Waals surface area contributed by atoms with E-state index in [0.717, 1.165) is 6.54 Å². The Labute approximate surface area is 89.5 Å². The maximum atomic E-state index is 2.42. The second-order valence-corrected chi connectivity index (χ2v) is 4.04. The van der Waals surface area contributed by atoms with Crippen LogP contribution in [-0.4, -0.2) is 11.1 Å². The molecule has 1 atom stereocenters. The summed E-state index contributed by atoms with van der Waals surface area (Å²) in [6.45, 7) is 2.30. The van der Waals surface area contributed by atoms with Crippen molar-refractivity contribution in [1.29, 1.82) is 0 Å². The summed E-state index contributed by atoms with van der Waals surface area (Å²) in [5.41, 5.74) is 2.82. The number of nitrogens with zero attached hydrogens (tertiary/aromatic N) is 1. The predicted octanol–water partition coefficient (Wildman–Crippen LogP) is 1.15. The molecule has 15 heavy (non-hydrogen) atoms. The fourth-order valence-electron chi connectivity index (χ4n) is 2.38. The topological polar surface area (TPSA) is 21.5 Å². The Morgan fingerprint density at radius 2 is 1.93 bits per heavy atom. The van der Waals surface area contributed by atoms with Crippen LogP contribution in [0.2, 0.25) is 0 Å². The minimum atomic E-state index is 0.481. The van der Waals surface area contributed by atoms with Crippen LogP contribution in [-0.2, 0) is 6.54 Å². The van der Waals surface area contributed by atoms with Gasteiger partial charge in [0.25, 0.3) is 0 Å². The van der Waals surface area contributed by atoms with Gasteiger partial charge >= 0.3 is 0 Å². The van der Waals surface area contributed by atoms with Crippen LogP contribution in [0.5, 0.6) is 0 Å². The fourth-order valence-corrected chi connectivity index (χ4v) is 2.38. The highest BCUT2D eigenvalue weighted by molar-refractivity contribution is 5.26. The Morgan fingerprint density at radius 3 is 2.80 bits per heavy atom. The van der Waals surface area contributed by atoms with Crippen LogP contribution in [0.25, 0.3) is 0 Å². The number of quaternary nitrogens is 1. The van der Waals surface area contributed by atoms with Crippen LogP contribution in [0, 0.1) is 0 Å². The zero-order valence-corrected chi connectivity index (χ0v) is 8.63. The number of aromatic nitrogens is 1. The Balaban J connectivity index is 2.03. The van der Waals surface area contributed by atoms with E-state index in [-0.39, 0.29) is 0 Å². The number of nitrogens with two attached hydrogens (primary N) is 1. The van der Waals surface area contributed by atoms with Crippen LogP contribution < -0.4 is 5.32 Å². The van der Waals surface area contributed by atoms with Crippen molar-refractivity contribution in [2.75, 3.05) is 6.54 Å². The first-order valence-corrected chi connectivity index (χ1v) is 5.48. The summed E-state index contributed by atoms with van der Waals surface area (Å²) in [7, 11) is 0. The summed E-state index contributed by atoms with van der Waals surface area (Å²) >= 11 is 0. The number of hydrogen-bond donors (Lipinski definition) is 1. The van der Waals surface area contributed by atoms with Crippen LogP contribution in [0.1, 0.15) is 17.3 Å². The number of hydrogen-bond acceptors (Lipinski definition) is 0. The molecule has 0 saturated carbocycles. The van der Waals surface area contributed by atoms with Crippen molar-refractivity contribution in [3.05, 3.63) is 59.9 Å². The first kappa shape index (κ1) is 8.74. The standard InChI is InChI=1S/C13H14N2/c1-2-5-11(6-3-1)13-12-7-4-9-15(12)10-8-14-13/h1-7,9,13-14H,8,10H2/p+1/t13-/m1/s1. The number of benzene rings is 1. The van der Waals surface area contributed by atoms with Gasteiger partial charge in [-0.15, -0.1) is 0 Å². The Kier molecular flexibility index (Phi) is 2.07. The molecule has 0 saturated heterocycles.